The number of thioether (sulfide) groups is 2. The number of allylic oxidation sites excluding steroid dienone is 1. The fourth-order valence-corrected chi connectivity index (χ4v) is 3.58. The van der Waals surface area contributed by atoms with Crippen LogP contribution in [-0.4, -0.2) is 11.6 Å². The summed E-state index contributed by atoms with van der Waals surface area (Å²) in [4.78, 5) is 25.3. The summed E-state index contributed by atoms with van der Waals surface area (Å²) in [7, 11) is 0. The highest BCUT2D eigenvalue weighted by Crippen LogP contribution is 2.42. The van der Waals surface area contributed by atoms with Crippen molar-refractivity contribution >= 4 is 35.1 Å². The molecular formula is C16H16O2S2. The van der Waals surface area contributed by atoms with E-state index in [1.807, 2.05) is 49.8 Å². The summed E-state index contributed by atoms with van der Waals surface area (Å²) in [6.45, 7) is 5.52. The molecule has 0 fully saturated rings. The average molecular weight is 304 g/mol. The van der Waals surface area contributed by atoms with E-state index in [4.69, 9.17) is 0 Å². The van der Waals surface area contributed by atoms with Gasteiger partial charge in [-0.05, 0) is 10.8 Å². The zero-order chi connectivity index (χ0) is 14.8. The van der Waals surface area contributed by atoms with Crippen LogP contribution < -0.4 is 0 Å². The van der Waals surface area contributed by atoms with Crippen molar-refractivity contribution in [1.29, 1.82) is 0 Å². The van der Waals surface area contributed by atoms with Crippen LogP contribution in [0.15, 0.2) is 51.0 Å². The van der Waals surface area contributed by atoms with Crippen LogP contribution in [0.2, 0.25) is 0 Å². The summed E-state index contributed by atoms with van der Waals surface area (Å²) in [6, 6.07) is 8.97. The Balaban J connectivity index is 2.46. The molecular weight excluding hydrogens is 288 g/mol. The van der Waals surface area contributed by atoms with Gasteiger partial charge >= 0.3 is 0 Å². The van der Waals surface area contributed by atoms with Gasteiger partial charge in [0.05, 0.1) is 9.81 Å². The zero-order valence-corrected chi connectivity index (χ0v) is 13.3. The quantitative estimate of drug-likeness (QED) is 0.352. The first kappa shape index (κ1) is 15.1. The van der Waals surface area contributed by atoms with Crippen molar-refractivity contribution in [2.45, 2.75) is 20.8 Å². The highest BCUT2D eigenvalue weighted by atomic mass is 32.2. The van der Waals surface area contributed by atoms with Crippen molar-refractivity contribution in [1.82, 2.24) is 0 Å². The molecule has 0 aromatic heterocycles. The van der Waals surface area contributed by atoms with Gasteiger partial charge in [0.2, 0.25) is 0 Å². The maximum Gasteiger partial charge on any atom is 0.198 e. The van der Waals surface area contributed by atoms with Gasteiger partial charge in [-0.25, -0.2) is 0 Å². The van der Waals surface area contributed by atoms with Crippen molar-refractivity contribution in [3.8, 4) is 0 Å². The van der Waals surface area contributed by atoms with Gasteiger partial charge in [-0.15, -0.1) is 0 Å². The predicted molar refractivity (Wildman–Crippen MR) is 86.6 cm³/mol. The highest BCUT2D eigenvalue weighted by molar-refractivity contribution is 8.27. The number of hydrogen-bond acceptors (Lipinski definition) is 4. The maximum absolute atomic E-state index is 12.7. The van der Waals surface area contributed by atoms with E-state index in [1.165, 1.54) is 23.5 Å². The highest BCUT2D eigenvalue weighted by Gasteiger charge is 2.33. The lowest BCUT2D eigenvalue weighted by Crippen LogP contribution is -2.27. The molecule has 1 aliphatic rings. The van der Waals surface area contributed by atoms with E-state index in [2.05, 4.69) is 0 Å². The van der Waals surface area contributed by atoms with E-state index >= 15 is 0 Å². The molecule has 0 bridgehead atoms. The first-order valence-corrected chi connectivity index (χ1v) is 8.04. The minimum atomic E-state index is -0.573. The Bertz CT molecular complexity index is 583. The van der Waals surface area contributed by atoms with Crippen molar-refractivity contribution in [3.63, 3.8) is 0 Å². The van der Waals surface area contributed by atoms with Gasteiger partial charge in [-0.3, -0.25) is 9.59 Å². The van der Waals surface area contributed by atoms with Gasteiger partial charge in [0.15, 0.2) is 11.6 Å². The Hall–Kier alpha value is -1.26. The van der Waals surface area contributed by atoms with Crippen molar-refractivity contribution in [2.75, 3.05) is 0 Å². The molecule has 1 aliphatic heterocycles. The van der Waals surface area contributed by atoms with Crippen molar-refractivity contribution < 1.29 is 9.59 Å². The van der Waals surface area contributed by atoms with Gasteiger partial charge in [0.25, 0.3) is 0 Å². The molecule has 1 heterocycles. The van der Waals surface area contributed by atoms with Crippen LogP contribution in [0.1, 0.15) is 31.1 Å². The standard InChI is InChI=1S/C16H16O2S2/c1-16(2,3)14(18)12(15-19-9-10-20-15)13(17)11-7-5-4-6-8-11/h4-10H,1-3H3. The van der Waals surface area contributed by atoms with Crippen LogP contribution in [0.5, 0.6) is 0 Å². The number of Topliss-reactive ketones (excluding diaryl/α,β-unsaturated/α-hetero) is 2. The van der Waals surface area contributed by atoms with E-state index in [1.54, 1.807) is 12.1 Å². The Morgan fingerprint density at radius 2 is 1.50 bits per heavy atom. The van der Waals surface area contributed by atoms with Crippen LogP contribution in [0.25, 0.3) is 0 Å². The molecule has 0 atom stereocenters. The average Bonchev–Trinajstić information content (AvgIpc) is 2.92. The first-order chi connectivity index (χ1) is 9.41. The number of ketones is 2. The topological polar surface area (TPSA) is 34.1 Å². The molecule has 1 aromatic carbocycles. The molecule has 0 saturated carbocycles. The number of benzene rings is 1. The summed E-state index contributed by atoms with van der Waals surface area (Å²) in [5.41, 5.74) is 0.292. The van der Waals surface area contributed by atoms with E-state index < -0.39 is 5.41 Å². The third-order valence-electron chi connectivity index (χ3n) is 2.78. The second-order valence-corrected chi connectivity index (χ2v) is 7.54. The monoisotopic (exact) mass is 304 g/mol. The van der Waals surface area contributed by atoms with Crippen LogP contribution in [0.3, 0.4) is 0 Å². The third kappa shape index (κ3) is 3.25. The fraction of sp³-hybridized carbons (Fsp3) is 0.250. The van der Waals surface area contributed by atoms with Gasteiger partial charge in [0, 0.05) is 11.0 Å². The smallest absolute Gasteiger partial charge is 0.198 e. The van der Waals surface area contributed by atoms with Gasteiger partial charge in [0.1, 0.15) is 0 Å². The summed E-state index contributed by atoms with van der Waals surface area (Å²) in [5, 5.41) is 3.79. The Morgan fingerprint density at radius 1 is 0.950 bits per heavy atom. The molecule has 0 radical (unpaired) electrons. The van der Waals surface area contributed by atoms with Gasteiger partial charge in [-0.2, -0.15) is 0 Å². The first-order valence-electron chi connectivity index (χ1n) is 6.28. The number of rotatable bonds is 3. The minimum Gasteiger partial charge on any atom is -0.293 e. The SMILES string of the molecule is CC(C)(C)C(=O)C(C(=O)c1ccccc1)=C1SC=CS1. The molecule has 0 aliphatic carbocycles. The van der Waals surface area contributed by atoms with Crippen LogP contribution in [0.4, 0.5) is 0 Å². The minimum absolute atomic E-state index is 0.106. The number of carbonyl (C=O) groups is 2. The Labute approximate surface area is 127 Å². The molecule has 0 saturated heterocycles. The van der Waals surface area contributed by atoms with E-state index in [0.29, 0.717) is 11.1 Å². The zero-order valence-electron chi connectivity index (χ0n) is 11.7. The molecule has 2 nitrogen and oxygen atoms in total. The molecule has 0 unspecified atom stereocenters. The lowest BCUT2D eigenvalue weighted by Gasteiger charge is -2.19. The summed E-state index contributed by atoms with van der Waals surface area (Å²) < 4.78 is 0.777. The van der Waals surface area contributed by atoms with Gasteiger partial charge < -0.3 is 0 Å². The molecule has 20 heavy (non-hydrogen) atoms. The van der Waals surface area contributed by atoms with Crippen molar-refractivity contribution in [2.24, 2.45) is 5.41 Å². The number of carbonyl (C=O) groups excluding carboxylic acids is 2. The molecule has 0 spiro atoms. The predicted octanol–water partition coefficient (Wildman–Crippen LogP) is 4.65. The molecule has 0 N–H and O–H groups in total. The van der Waals surface area contributed by atoms with Crippen molar-refractivity contribution in [3.05, 3.63) is 56.5 Å². The molecule has 4 heteroatoms. The largest absolute Gasteiger partial charge is 0.293 e. The summed E-state index contributed by atoms with van der Waals surface area (Å²) in [6.07, 6.45) is 0. The third-order valence-corrected chi connectivity index (χ3v) is 4.91. The lowest BCUT2D eigenvalue weighted by atomic mass is 9.84. The second-order valence-electron chi connectivity index (χ2n) is 5.44. The molecule has 0 amide bonds. The van der Waals surface area contributed by atoms with Crippen LogP contribution in [-0.2, 0) is 4.79 Å². The van der Waals surface area contributed by atoms with Gasteiger partial charge in [-0.1, -0.05) is 74.6 Å². The maximum atomic E-state index is 12.7. The summed E-state index contributed by atoms with van der Waals surface area (Å²) in [5.74, 6) is -0.297. The molecule has 1 aromatic rings. The van der Waals surface area contributed by atoms with E-state index in [-0.39, 0.29) is 11.6 Å². The lowest BCUT2D eigenvalue weighted by molar-refractivity contribution is -0.122. The fourth-order valence-electron chi connectivity index (χ4n) is 1.72. The Morgan fingerprint density at radius 3 is 2.00 bits per heavy atom. The second kappa shape index (κ2) is 6.02. The van der Waals surface area contributed by atoms with E-state index in [0.717, 1.165) is 4.24 Å². The van der Waals surface area contributed by atoms with Crippen LogP contribution >= 0.6 is 23.5 Å². The number of hydrogen-bond donors (Lipinski definition) is 0. The molecule has 104 valence electrons. The Kier molecular flexibility index (Phi) is 4.55. The molecule has 2 rings (SSSR count). The van der Waals surface area contributed by atoms with E-state index in [9.17, 15) is 9.59 Å². The normalized spacial score (nSPS) is 14.4. The van der Waals surface area contributed by atoms with Crippen LogP contribution in [0, 0.1) is 5.41 Å². The summed E-state index contributed by atoms with van der Waals surface area (Å²) >= 11 is 2.88.